The summed E-state index contributed by atoms with van der Waals surface area (Å²) < 4.78 is 0. The summed E-state index contributed by atoms with van der Waals surface area (Å²) in [4.78, 5) is 20.6. The normalized spacial score (nSPS) is 11.3. The van der Waals surface area contributed by atoms with Gasteiger partial charge in [-0.3, -0.25) is 4.79 Å². The van der Waals surface area contributed by atoms with Crippen molar-refractivity contribution in [3.8, 4) is 0 Å². The molecule has 0 aliphatic heterocycles. The van der Waals surface area contributed by atoms with Crippen LogP contribution in [0.5, 0.6) is 0 Å². The zero-order valence-corrected chi connectivity index (χ0v) is 7.95. The van der Waals surface area contributed by atoms with Crippen molar-refractivity contribution in [3.63, 3.8) is 0 Å². The number of allylic oxidation sites excluding steroid dienone is 1. The summed E-state index contributed by atoms with van der Waals surface area (Å²) in [7, 11) is 0. The van der Waals surface area contributed by atoms with Crippen molar-refractivity contribution in [1.82, 2.24) is 0 Å². The Labute approximate surface area is 78.5 Å². The van der Waals surface area contributed by atoms with Gasteiger partial charge >= 0.3 is 5.97 Å². The highest BCUT2D eigenvalue weighted by atomic mass is 16.4. The molecule has 0 spiro atoms. The number of unbranched alkanes of at least 4 members (excludes halogenated alkanes) is 4. The van der Waals surface area contributed by atoms with Gasteiger partial charge in [0.15, 0.2) is 6.29 Å². The first-order valence-electron chi connectivity index (χ1n) is 4.61. The lowest BCUT2D eigenvalue weighted by Crippen LogP contribution is -2.01. The van der Waals surface area contributed by atoms with E-state index in [9.17, 15) is 9.59 Å². The Hall–Kier alpha value is -1.12. The minimum absolute atomic E-state index is 0.128. The zero-order valence-electron chi connectivity index (χ0n) is 7.95. The van der Waals surface area contributed by atoms with Gasteiger partial charge < -0.3 is 5.11 Å². The van der Waals surface area contributed by atoms with Gasteiger partial charge in [-0.2, -0.15) is 0 Å². The highest BCUT2D eigenvalue weighted by molar-refractivity contribution is 6.06. The molecule has 0 radical (unpaired) electrons. The molecular weight excluding hydrogens is 168 g/mol. The van der Waals surface area contributed by atoms with Crippen LogP contribution >= 0.6 is 0 Å². The van der Waals surface area contributed by atoms with Gasteiger partial charge in [0, 0.05) is 0 Å². The standard InChI is InChI=1S/C10H16O3/c1-2-3-4-5-6-7-9(8-11)10(12)13/h7-8H,2-6H2,1H3,(H,12,13). The summed E-state index contributed by atoms with van der Waals surface area (Å²) in [6.45, 7) is 2.12. The van der Waals surface area contributed by atoms with Gasteiger partial charge in [-0.05, 0) is 12.8 Å². The van der Waals surface area contributed by atoms with Crippen molar-refractivity contribution in [2.75, 3.05) is 0 Å². The first-order chi connectivity index (χ1) is 6.22. The summed E-state index contributed by atoms with van der Waals surface area (Å²) >= 11 is 0. The van der Waals surface area contributed by atoms with E-state index in [-0.39, 0.29) is 5.57 Å². The second-order valence-corrected chi connectivity index (χ2v) is 2.93. The van der Waals surface area contributed by atoms with E-state index in [0.29, 0.717) is 12.7 Å². The van der Waals surface area contributed by atoms with Crippen LogP contribution in [0, 0.1) is 0 Å². The molecule has 0 atom stereocenters. The van der Waals surface area contributed by atoms with Crippen molar-refractivity contribution in [2.24, 2.45) is 0 Å². The lowest BCUT2D eigenvalue weighted by molar-refractivity contribution is -0.133. The number of rotatable bonds is 7. The van der Waals surface area contributed by atoms with Crippen LogP contribution in [0.1, 0.15) is 39.0 Å². The van der Waals surface area contributed by atoms with Crippen LogP contribution in [0.4, 0.5) is 0 Å². The first-order valence-corrected chi connectivity index (χ1v) is 4.61. The Morgan fingerprint density at radius 1 is 1.31 bits per heavy atom. The Kier molecular flexibility index (Phi) is 6.88. The maximum atomic E-state index is 10.4. The lowest BCUT2D eigenvalue weighted by Gasteiger charge is -1.95. The molecule has 0 aliphatic carbocycles. The zero-order chi connectivity index (χ0) is 10.1. The fourth-order valence-corrected chi connectivity index (χ4v) is 1.01. The van der Waals surface area contributed by atoms with Gasteiger partial charge in [-0.15, -0.1) is 0 Å². The average Bonchev–Trinajstić information content (AvgIpc) is 2.10. The summed E-state index contributed by atoms with van der Waals surface area (Å²) in [5, 5.41) is 8.48. The Morgan fingerprint density at radius 2 is 2.00 bits per heavy atom. The van der Waals surface area contributed by atoms with Crippen LogP contribution in [0.15, 0.2) is 11.6 Å². The molecule has 3 nitrogen and oxygen atoms in total. The first kappa shape index (κ1) is 11.9. The Morgan fingerprint density at radius 3 is 2.46 bits per heavy atom. The van der Waals surface area contributed by atoms with Gasteiger partial charge in [0.2, 0.25) is 0 Å². The third-order valence-electron chi connectivity index (χ3n) is 1.80. The number of hydrogen-bond acceptors (Lipinski definition) is 2. The summed E-state index contributed by atoms with van der Waals surface area (Å²) in [5.74, 6) is -1.13. The van der Waals surface area contributed by atoms with Gasteiger partial charge in [-0.25, -0.2) is 4.79 Å². The molecule has 0 aromatic carbocycles. The highest BCUT2D eigenvalue weighted by Crippen LogP contribution is 2.04. The number of aldehydes is 1. The van der Waals surface area contributed by atoms with E-state index in [4.69, 9.17) is 5.11 Å². The largest absolute Gasteiger partial charge is 0.478 e. The SMILES string of the molecule is CCCCCCC=C(C=O)C(=O)O. The topological polar surface area (TPSA) is 54.4 Å². The molecule has 74 valence electrons. The predicted molar refractivity (Wildman–Crippen MR) is 50.5 cm³/mol. The minimum Gasteiger partial charge on any atom is -0.478 e. The predicted octanol–water partition coefficient (Wildman–Crippen LogP) is 2.17. The van der Waals surface area contributed by atoms with Crippen LogP contribution in [0.25, 0.3) is 0 Å². The highest BCUT2D eigenvalue weighted by Gasteiger charge is 2.03. The van der Waals surface area contributed by atoms with Crippen LogP contribution in [0.3, 0.4) is 0 Å². The molecule has 0 saturated carbocycles. The smallest absolute Gasteiger partial charge is 0.338 e. The van der Waals surface area contributed by atoms with Crippen molar-refractivity contribution >= 4 is 12.3 Å². The average molecular weight is 184 g/mol. The van der Waals surface area contributed by atoms with E-state index in [1.807, 2.05) is 0 Å². The molecule has 13 heavy (non-hydrogen) atoms. The molecular formula is C10H16O3. The molecule has 3 heteroatoms. The molecule has 0 rings (SSSR count). The maximum absolute atomic E-state index is 10.4. The van der Waals surface area contributed by atoms with Gasteiger partial charge in [-0.1, -0.05) is 32.3 Å². The monoisotopic (exact) mass is 184 g/mol. The van der Waals surface area contributed by atoms with Crippen LogP contribution in [-0.2, 0) is 9.59 Å². The molecule has 0 aromatic heterocycles. The molecule has 0 saturated heterocycles. The van der Waals surface area contributed by atoms with Crippen molar-refractivity contribution in [2.45, 2.75) is 39.0 Å². The minimum atomic E-state index is -1.13. The third-order valence-corrected chi connectivity index (χ3v) is 1.80. The molecule has 0 amide bonds. The molecule has 0 unspecified atom stereocenters. The summed E-state index contributed by atoms with van der Waals surface area (Å²) in [6, 6.07) is 0. The number of carbonyl (C=O) groups excluding carboxylic acids is 1. The third kappa shape index (κ3) is 6.08. The molecule has 0 bridgehead atoms. The number of aliphatic carboxylic acids is 1. The Balaban J connectivity index is 3.68. The van der Waals surface area contributed by atoms with Gasteiger partial charge in [0.25, 0.3) is 0 Å². The molecule has 0 fully saturated rings. The number of carboxylic acids is 1. The molecule has 0 aromatic rings. The molecule has 1 N–H and O–H groups in total. The van der Waals surface area contributed by atoms with E-state index in [2.05, 4.69) is 6.92 Å². The second kappa shape index (κ2) is 7.53. The quantitative estimate of drug-likeness (QED) is 0.217. The summed E-state index contributed by atoms with van der Waals surface area (Å²) in [6.07, 6.45) is 6.94. The van der Waals surface area contributed by atoms with E-state index in [0.717, 1.165) is 25.7 Å². The fraction of sp³-hybridized carbons (Fsp3) is 0.600. The summed E-state index contributed by atoms with van der Waals surface area (Å²) in [5.41, 5.74) is -0.128. The van der Waals surface area contributed by atoms with E-state index in [1.165, 1.54) is 6.08 Å². The van der Waals surface area contributed by atoms with E-state index >= 15 is 0 Å². The fourth-order valence-electron chi connectivity index (χ4n) is 1.01. The number of hydrogen-bond donors (Lipinski definition) is 1. The second-order valence-electron chi connectivity index (χ2n) is 2.93. The lowest BCUT2D eigenvalue weighted by atomic mass is 10.1. The number of carboxylic acid groups (broad SMARTS) is 1. The van der Waals surface area contributed by atoms with Crippen molar-refractivity contribution in [3.05, 3.63) is 11.6 Å². The van der Waals surface area contributed by atoms with E-state index in [1.54, 1.807) is 0 Å². The maximum Gasteiger partial charge on any atom is 0.338 e. The van der Waals surface area contributed by atoms with Crippen molar-refractivity contribution in [1.29, 1.82) is 0 Å². The molecule has 0 heterocycles. The van der Waals surface area contributed by atoms with Crippen LogP contribution in [0.2, 0.25) is 0 Å². The van der Waals surface area contributed by atoms with E-state index < -0.39 is 5.97 Å². The van der Waals surface area contributed by atoms with Gasteiger partial charge in [0.05, 0.1) is 5.57 Å². The Bertz CT molecular complexity index is 194. The van der Waals surface area contributed by atoms with Gasteiger partial charge in [0.1, 0.15) is 0 Å². The molecule has 0 aliphatic rings. The number of carbonyl (C=O) groups is 2. The van der Waals surface area contributed by atoms with Crippen LogP contribution < -0.4 is 0 Å². The van der Waals surface area contributed by atoms with Crippen LogP contribution in [-0.4, -0.2) is 17.4 Å². The van der Waals surface area contributed by atoms with Crippen molar-refractivity contribution < 1.29 is 14.7 Å².